The SMILES string of the molecule is Cn1cc(S(=O)(=O)NCC2CCCC2)c(N)n1. The van der Waals surface area contributed by atoms with Gasteiger partial charge in [-0.3, -0.25) is 4.68 Å². The quantitative estimate of drug-likeness (QED) is 0.821. The molecule has 0 saturated heterocycles. The minimum atomic E-state index is -3.52. The van der Waals surface area contributed by atoms with Crippen LogP contribution < -0.4 is 10.5 Å². The van der Waals surface area contributed by atoms with Crippen LogP contribution in [0, 0.1) is 5.92 Å². The van der Waals surface area contributed by atoms with Crippen LogP contribution in [0.15, 0.2) is 11.1 Å². The third-order valence-corrected chi connectivity index (χ3v) is 4.59. The van der Waals surface area contributed by atoms with Crippen molar-refractivity contribution >= 4 is 15.8 Å². The van der Waals surface area contributed by atoms with Gasteiger partial charge >= 0.3 is 0 Å². The van der Waals surface area contributed by atoms with Gasteiger partial charge in [0.05, 0.1) is 0 Å². The van der Waals surface area contributed by atoms with Crippen molar-refractivity contribution in [1.29, 1.82) is 0 Å². The number of anilines is 1. The van der Waals surface area contributed by atoms with E-state index < -0.39 is 10.0 Å². The Morgan fingerprint density at radius 3 is 2.71 bits per heavy atom. The maximum atomic E-state index is 12.0. The van der Waals surface area contributed by atoms with E-state index in [1.165, 1.54) is 23.7 Å². The summed E-state index contributed by atoms with van der Waals surface area (Å²) in [5, 5.41) is 3.83. The third-order valence-electron chi connectivity index (χ3n) is 3.15. The first-order valence-electron chi connectivity index (χ1n) is 5.78. The summed E-state index contributed by atoms with van der Waals surface area (Å²) in [6, 6.07) is 0. The molecule has 6 nitrogen and oxygen atoms in total. The zero-order valence-corrected chi connectivity index (χ0v) is 10.7. The fourth-order valence-corrected chi connectivity index (χ4v) is 3.43. The number of sulfonamides is 1. The lowest BCUT2D eigenvalue weighted by molar-refractivity contribution is 0.520. The molecular formula is C10H18N4O2S. The molecule has 0 bridgehead atoms. The number of nitrogens with two attached hydrogens (primary N) is 1. The molecule has 0 aliphatic heterocycles. The van der Waals surface area contributed by atoms with E-state index in [4.69, 9.17) is 5.73 Å². The largest absolute Gasteiger partial charge is 0.381 e. The number of aromatic nitrogens is 2. The van der Waals surface area contributed by atoms with Crippen molar-refractivity contribution in [2.45, 2.75) is 30.6 Å². The van der Waals surface area contributed by atoms with Crippen LogP contribution in [0.2, 0.25) is 0 Å². The monoisotopic (exact) mass is 258 g/mol. The van der Waals surface area contributed by atoms with Gasteiger partial charge in [-0.15, -0.1) is 0 Å². The average molecular weight is 258 g/mol. The van der Waals surface area contributed by atoms with Crippen molar-refractivity contribution in [3.8, 4) is 0 Å². The highest BCUT2D eigenvalue weighted by molar-refractivity contribution is 7.89. The van der Waals surface area contributed by atoms with Crippen LogP contribution in [0.25, 0.3) is 0 Å². The molecule has 0 amide bonds. The summed E-state index contributed by atoms with van der Waals surface area (Å²) in [4.78, 5) is 0.0676. The highest BCUT2D eigenvalue weighted by Gasteiger charge is 2.23. The Morgan fingerprint density at radius 2 is 2.18 bits per heavy atom. The first-order chi connectivity index (χ1) is 7.99. The van der Waals surface area contributed by atoms with Crippen molar-refractivity contribution < 1.29 is 8.42 Å². The molecule has 1 aliphatic carbocycles. The number of hydrogen-bond donors (Lipinski definition) is 2. The average Bonchev–Trinajstić information content (AvgIpc) is 2.85. The molecule has 1 aliphatic rings. The molecule has 17 heavy (non-hydrogen) atoms. The van der Waals surface area contributed by atoms with Gasteiger partial charge in [0.1, 0.15) is 4.90 Å². The molecule has 0 aromatic carbocycles. The lowest BCUT2D eigenvalue weighted by Gasteiger charge is -2.10. The summed E-state index contributed by atoms with van der Waals surface area (Å²) in [6.45, 7) is 0.497. The minimum Gasteiger partial charge on any atom is -0.381 e. The molecule has 1 saturated carbocycles. The zero-order chi connectivity index (χ0) is 12.5. The lowest BCUT2D eigenvalue weighted by atomic mass is 10.1. The molecule has 1 fully saturated rings. The molecule has 1 aromatic rings. The van der Waals surface area contributed by atoms with E-state index in [0.717, 1.165) is 12.8 Å². The van der Waals surface area contributed by atoms with E-state index in [1.807, 2.05) is 0 Å². The predicted octanol–water partition coefficient (Wildman–Crippen LogP) is 0.471. The molecule has 2 rings (SSSR count). The molecule has 0 radical (unpaired) electrons. The van der Waals surface area contributed by atoms with Crippen molar-refractivity contribution in [2.24, 2.45) is 13.0 Å². The smallest absolute Gasteiger partial charge is 0.245 e. The van der Waals surface area contributed by atoms with Gasteiger partial charge in [-0.1, -0.05) is 12.8 Å². The molecule has 3 N–H and O–H groups in total. The fraction of sp³-hybridized carbons (Fsp3) is 0.700. The van der Waals surface area contributed by atoms with Gasteiger partial charge in [-0.2, -0.15) is 5.10 Å². The molecular weight excluding hydrogens is 240 g/mol. The summed E-state index contributed by atoms with van der Waals surface area (Å²) in [7, 11) is -1.87. The van der Waals surface area contributed by atoms with Gasteiger partial charge in [-0.25, -0.2) is 13.1 Å². The minimum absolute atomic E-state index is 0.0476. The van der Waals surface area contributed by atoms with Crippen LogP contribution >= 0.6 is 0 Å². The molecule has 0 spiro atoms. The summed E-state index contributed by atoms with van der Waals surface area (Å²) < 4.78 is 28.0. The highest BCUT2D eigenvalue weighted by atomic mass is 32.2. The molecule has 1 heterocycles. The summed E-state index contributed by atoms with van der Waals surface area (Å²) in [6.07, 6.45) is 6.02. The van der Waals surface area contributed by atoms with Gasteiger partial charge in [-0.05, 0) is 18.8 Å². The van der Waals surface area contributed by atoms with Crippen LogP contribution in [-0.4, -0.2) is 24.7 Å². The van der Waals surface area contributed by atoms with Crippen LogP contribution in [0.5, 0.6) is 0 Å². The Balaban J connectivity index is 2.05. The van der Waals surface area contributed by atoms with Gasteiger partial charge in [0.2, 0.25) is 10.0 Å². The Labute approximate surface area is 101 Å². The van der Waals surface area contributed by atoms with E-state index in [1.54, 1.807) is 7.05 Å². The van der Waals surface area contributed by atoms with Crippen molar-refractivity contribution in [1.82, 2.24) is 14.5 Å². The second kappa shape index (κ2) is 4.66. The summed E-state index contributed by atoms with van der Waals surface area (Å²) in [5.74, 6) is 0.508. The van der Waals surface area contributed by atoms with Gasteiger partial charge < -0.3 is 5.73 Å². The van der Waals surface area contributed by atoms with Gasteiger partial charge in [0, 0.05) is 19.8 Å². The first kappa shape index (κ1) is 12.4. The van der Waals surface area contributed by atoms with Crippen molar-refractivity contribution in [2.75, 3.05) is 12.3 Å². The Bertz CT molecular complexity index is 488. The van der Waals surface area contributed by atoms with E-state index >= 15 is 0 Å². The van der Waals surface area contributed by atoms with Crippen LogP contribution in [0.3, 0.4) is 0 Å². The van der Waals surface area contributed by atoms with Crippen LogP contribution in [-0.2, 0) is 17.1 Å². The molecule has 0 unspecified atom stereocenters. The van der Waals surface area contributed by atoms with Crippen LogP contribution in [0.1, 0.15) is 25.7 Å². The normalized spacial score (nSPS) is 17.7. The van der Waals surface area contributed by atoms with Crippen molar-refractivity contribution in [3.63, 3.8) is 0 Å². The predicted molar refractivity (Wildman–Crippen MR) is 64.8 cm³/mol. The molecule has 1 aromatic heterocycles. The maximum absolute atomic E-state index is 12.0. The Kier molecular flexibility index (Phi) is 3.39. The van der Waals surface area contributed by atoms with E-state index in [0.29, 0.717) is 12.5 Å². The summed E-state index contributed by atoms with van der Waals surface area (Å²) in [5.41, 5.74) is 5.56. The standard InChI is InChI=1S/C10H18N4O2S/c1-14-7-9(10(11)13-14)17(15,16)12-6-8-4-2-3-5-8/h7-8,12H,2-6H2,1H3,(H2,11,13). The summed E-state index contributed by atoms with van der Waals surface area (Å²) >= 11 is 0. The lowest BCUT2D eigenvalue weighted by Crippen LogP contribution is -2.28. The number of nitrogens with one attached hydrogen (secondary N) is 1. The molecule has 96 valence electrons. The number of rotatable bonds is 4. The fourth-order valence-electron chi connectivity index (χ4n) is 2.21. The number of aryl methyl sites for hydroxylation is 1. The second-order valence-electron chi connectivity index (χ2n) is 4.55. The van der Waals surface area contributed by atoms with E-state index in [9.17, 15) is 8.42 Å². The number of nitrogens with zero attached hydrogens (tertiary/aromatic N) is 2. The zero-order valence-electron chi connectivity index (χ0n) is 9.89. The Morgan fingerprint density at radius 1 is 1.53 bits per heavy atom. The third kappa shape index (κ3) is 2.78. The van der Waals surface area contributed by atoms with Crippen LogP contribution in [0.4, 0.5) is 5.82 Å². The first-order valence-corrected chi connectivity index (χ1v) is 7.26. The van der Waals surface area contributed by atoms with Crippen molar-refractivity contribution in [3.05, 3.63) is 6.20 Å². The number of hydrogen-bond acceptors (Lipinski definition) is 4. The van der Waals surface area contributed by atoms with E-state index in [2.05, 4.69) is 9.82 Å². The van der Waals surface area contributed by atoms with Gasteiger partial charge in [0.25, 0.3) is 0 Å². The topological polar surface area (TPSA) is 90.0 Å². The van der Waals surface area contributed by atoms with Gasteiger partial charge in [0.15, 0.2) is 5.82 Å². The maximum Gasteiger partial charge on any atom is 0.245 e. The molecule has 7 heteroatoms. The highest BCUT2D eigenvalue weighted by Crippen LogP contribution is 2.24. The van der Waals surface area contributed by atoms with E-state index in [-0.39, 0.29) is 10.7 Å². The molecule has 0 atom stereocenters. The second-order valence-corrected chi connectivity index (χ2v) is 6.29. The number of nitrogen functional groups attached to an aromatic ring is 1. The Hall–Kier alpha value is -1.08.